The van der Waals surface area contributed by atoms with E-state index in [1.165, 1.54) is 22.9 Å². The molecule has 0 atom stereocenters. The van der Waals surface area contributed by atoms with E-state index in [4.69, 9.17) is 10.5 Å². The highest BCUT2D eigenvalue weighted by Crippen LogP contribution is 2.27. The molecule has 0 bridgehead atoms. The third kappa shape index (κ3) is 5.94. The van der Waals surface area contributed by atoms with E-state index in [1.54, 1.807) is 13.3 Å². The highest BCUT2D eigenvalue weighted by Gasteiger charge is 2.15. The Morgan fingerprint density at radius 2 is 1.88 bits per heavy atom. The molecule has 2 rings (SSSR count). The molecule has 132 valence electrons. The fraction of sp³-hybridized carbons (Fsp3) is 0.300. The smallest absolute Gasteiger partial charge is 0.180 e. The molecule has 0 aliphatic heterocycles. The van der Waals surface area contributed by atoms with Gasteiger partial charge in [0.25, 0.3) is 0 Å². The number of amidine groups is 1. The third-order valence-electron chi connectivity index (χ3n) is 3.68. The monoisotopic (exact) mass is 355 g/mol. The molecule has 0 aliphatic carbocycles. The second-order valence-corrected chi connectivity index (χ2v) is 7.66. The van der Waals surface area contributed by atoms with E-state index in [9.17, 15) is 0 Å². The molecule has 0 aliphatic rings. The number of rotatable bonds is 5. The van der Waals surface area contributed by atoms with E-state index in [-0.39, 0.29) is 5.41 Å². The summed E-state index contributed by atoms with van der Waals surface area (Å²) in [7, 11) is 1.66. The summed E-state index contributed by atoms with van der Waals surface area (Å²) in [5.74, 6) is 1.55. The minimum atomic E-state index is 0.0691. The van der Waals surface area contributed by atoms with Gasteiger partial charge >= 0.3 is 0 Å². The number of nitrogens with zero attached hydrogens (tertiary/aromatic N) is 2. The molecule has 2 aromatic rings. The Labute approximate surface area is 154 Å². The van der Waals surface area contributed by atoms with Crippen molar-refractivity contribution >= 4 is 23.1 Å². The molecule has 0 fully saturated rings. The van der Waals surface area contributed by atoms with E-state index < -0.39 is 0 Å². The first kappa shape index (κ1) is 19.1. The van der Waals surface area contributed by atoms with Gasteiger partial charge in [0.05, 0.1) is 13.3 Å². The van der Waals surface area contributed by atoms with Gasteiger partial charge in [-0.05, 0) is 28.7 Å². The molecule has 25 heavy (non-hydrogen) atoms. The summed E-state index contributed by atoms with van der Waals surface area (Å²) in [6, 6.07) is 16.2. The molecule has 0 saturated heterocycles. The molecule has 5 heteroatoms. The lowest BCUT2D eigenvalue weighted by molar-refractivity contribution is 0.412. The lowest BCUT2D eigenvalue weighted by Crippen LogP contribution is -2.11. The average molecular weight is 356 g/mol. The van der Waals surface area contributed by atoms with Crippen molar-refractivity contribution in [1.82, 2.24) is 0 Å². The van der Waals surface area contributed by atoms with Crippen LogP contribution < -0.4 is 10.5 Å². The Morgan fingerprint density at radius 3 is 2.52 bits per heavy atom. The summed E-state index contributed by atoms with van der Waals surface area (Å²) >= 11 is 1.46. The maximum absolute atomic E-state index is 5.91. The van der Waals surface area contributed by atoms with Gasteiger partial charge in [-0.1, -0.05) is 68.9 Å². The van der Waals surface area contributed by atoms with Crippen LogP contribution in [-0.2, 0) is 11.2 Å². The van der Waals surface area contributed by atoms with Crippen LogP contribution in [0.4, 0.5) is 0 Å². The summed E-state index contributed by atoms with van der Waals surface area (Å²) in [6.45, 7) is 6.51. The van der Waals surface area contributed by atoms with Gasteiger partial charge < -0.3 is 10.5 Å². The van der Waals surface area contributed by atoms with Crippen molar-refractivity contribution in [2.45, 2.75) is 31.9 Å². The number of methoxy groups -OCH3 is 1. The van der Waals surface area contributed by atoms with Crippen molar-refractivity contribution in [3.05, 3.63) is 65.2 Å². The maximum atomic E-state index is 5.91. The Balaban J connectivity index is 2.03. The summed E-state index contributed by atoms with van der Waals surface area (Å²) in [5, 5.41) is 8.58. The van der Waals surface area contributed by atoms with Gasteiger partial charge in [-0.2, -0.15) is 5.10 Å². The van der Waals surface area contributed by atoms with E-state index in [0.717, 1.165) is 17.1 Å². The maximum Gasteiger partial charge on any atom is 0.180 e. The zero-order valence-electron chi connectivity index (χ0n) is 15.2. The van der Waals surface area contributed by atoms with Crippen LogP contribution in [0.2, 0.25) is 0 Å². The van der Waals surface area contributed by atoms with Crippen LogP contribution in [0.25, 0.3) is 0 Å². The van der Waals surface area contributed by atoms with Crippen molar-refractivity contribution in [1.29, 1.82) is 0 Å². The molecule has 0 heterocycles. The van der Waals surface area contributed by atoms with Crippen LogP contribution in [-0.4, -0.2) is 18.5 Å². The first-order valence-corrected chi connectivity index (χ1v) is 9.10. The van der Waals surface area contributed by atoms with E-state index >= 15 is 0 Å². The molecule has 0 unspecified atom stereocenters. The number of benzene rings is 2. The molecule has 0 spiro atoms. The molecule has 4 nitrogen and oxygen atoms in total. The fourth-order valence-corrected chi connectivity index (χ4v) is 2.80. The van der Waals surface area contributed by atoms with Crippen molar-refractivity contribution in [2.75, 3.05) is 7.11 Å². The summed E-state index contributed by atoms with van der Waals surface area (Å²) < 4.78 is 5.47. The Bertz CT molecular complexity index is 749. The average Bonchev–Trinajstić information content (AvgIpc) is 2.60. The first-order valence-electron chi connectivity index (χ1n) is 8.12. The standard InChI is InChI=1S/C20H25N3OS/c1-20(2,3)17-11-10-16(18(12-17)24-4)13-22-23-19(21)25-14-15-8-6-5-7-9-15/h5-13H,14H2,1-4H3,(H2,21,23). The van der Waals surface area contributed by atoms with E-state index in [2.05, 4.69) is 49.2 Å². The zero-order chi connectivity index (χ0) is 18.3. The van der Waals surface area contributed by atoms with E-state index in [1.807, 2.05) is 30.3 Å². The van der Waals surface area contributed by atoms with Gasteiger partial charge in [0.1, 0.15) is 5.75 Å². The topological polar surface area (TPSA) is 60.0 Å². The van der Waals surface area contributed by atoms with Gasteiger partial charge in [-0.3, -0.25) is 0 Å². The Kier molecular flexibility index (Phi) is 6.65. The van der Waals surface area contributed by atoms with Crippen molar-refractivity contribution in [2.24, 2.45) is 15.9 Å². The second kappa shape index (κ2) is 8.72. The lowest BCUT2D eigenvalue weighted by Gasteiger charge is -2.20. The predicted molar refractivity (Wildman–Crippen MR) is 109 cm³/mol. The van der Waals surface area contributed by atoms with Crippen molar-refractivity contribution in [3.63, 3.8) is 0 Å². The third-order valence-corrected chi connectivity index (χ3v) is 4.54. The number of thioether (sulfide) groups is 1. The van der Waals surface area contributed by atoms with Gasteiger partial charge in [0.2, 0.25) is 0 Å². The largest absolute Gasteiger partial charge is 0.496 e. The molecular formula is C20H25N3OS. The molecule has 2 aromatic carbocycles. The summed E-state index contributed by atoms with van der Waals surface area (Å²) in [6.07, 6.45) is 1.67. The second-order valence-electron chi connectivity index (χ2n) is 6.66. The van der Waals surface area contributed by atoms with Gasteiger partial charge in [0.15, 0.2) is 5.17 Å². The summed E-state index contributed by atoms with van der Waals surface area (Å²) in [4.78, 5) is 0. The zero-order valence-corrected chi connectivity index (χ0v) is 16.0. The van der Waals surface area contributed by atoms with Crippen LogP contribution in [0.5, 0.6) is 5.75 Å². The van der Waals surface area contributed by atoms with Crippen LogP contribution in [0.3, 0.4) is 0 Å². The highest BCUT2D eigenvalue weighted by atomic mass is 32.2. The minimum Gasteiger partial charge on any atom is -0.496 e. The minimum absolute atomic E-state index is 0.0691. The first-order chi connectivity index (χ1) is 11.9. The van der Waals surface area contributed by atoms with Crippen molar-refractivity contribution in [3.8, 4) is 5.75 Å². The number of hydrogen-bond acceptors (Lipinski definition) is 4. The molecule has 0 aromatic heterocycles. The van der Waals surface area contributed by atoms with Gasteiger partial charge in [-0.15, -0.1) is 5.10 Å². The predicted octanol–water partition coefficient (Wildman–Crippen LogP) is 4.57. The van der Waals surface area contributed by atoms with Crippen LogP contribution in [0, 0.1) is 0 Å². The SMILES string of the molecule is COc1cc(C(C)(C)C)ccc1C=NN=C(N)SCc1ccccc1. The normalized spacial score (nSPS) is 12.6. The number of ether oxygens (including phenoxy) is 1. The quantitative estimate of drug-likeness (QED) is 0.485. The molecule has 2 N–H and O–H groups in total. The molecule has 0 radical (unpaired) electrons. The Hall–Kier alpha value is -2.27. The lowest BCUT2D eigenvalue weighted by atomic mass is 9.86. The summed E-state index contributed by atoms with van der Waals surface area (Å²) in [5.41, 5.74) is 9.26. The van der Waals surface area contributed by atoms with Crippen LogP contribution in [0.1, 0.15) is 37.5 Å². The van der Waals surface area contributed by atoms with Crippen LogP contribution in [0.15, 0.2) is 58.7 Å². The fourth-order valence-electron chi connectivity index (χ4n) is 2.19. The number of hydrogen-bond donors (Lipinski definition) is 1. The molecule has 0 amide bonds. The van der Waals surface area contributed by atoms with Crippen molar-refractivity contribution < 1.29 is 4.74 Å². The van der Waals surface area contributed by atoms with Crippen LogP contribution >= 0.6 is 11.8 Å². The number of nitrogens with two attached hydrogens (primary N) is 1. The van der Waals surface area contributed by atoms with Gasteiger partial charge in [-0.25, -0.2) is 0 Å². The Morgan fingerprint density at radius 1 is 1.16 bits per heavy atom. The van der Waals surface area contributed by atoms with E-state index in [0.29, 0.717) is 5.17 Å². The molecular weight excluding hydrogens is 330 g/mol. The molecule has 0 saturated carbocycles. The van der Waals surface area contributed by atoms with Gasteiger partial charge in [0, 0.05) is 11.3 Å². The highest BCUT2D eigenvalue weighted by molar-refractivity contribution is 8.13.